The average molecular weight is 1000 g/mol. The van der Waals surface area contributed by atoms with Crippen molar-refractivity contribution in [2.24, 2.45) is 22.9 Å². The monoisotopic (exact) mass is 1000 g/mol. The molecule has 17 N–H and O–H groups in total. The zero-order valence-corrected chi connectivity index (χ0v) is 39.7. The Bertz CT molecular complexity index is 2110. The second-order valence-corrected chi connectivity index (χ2v) is 17.7. The maximum atomic E-state index is 14.1. The van der Waals surface area contributed by atoms with Gasteiger partial charge in [0.1, 0.15) is 48.0 Å². The van der Waals surface area contributed by atoms with Crippen LogP contribution in [0.5, 0.6) is 5.75 Å². The minimum absolute atomic E-state index is 0.0161. The Labute approximate surface area is 409 Å². The molecule has 2 fully saturated rings. The van der Waals surface area contributed by atoms with Gasteiger partial charge in [-0.2, -0.15) is 0 Å². The fourth-order valence-corrected chi connectivity index (χ4v) is 8.08. The fraction of sp³-hybridized carbons (Fsp3) is 0.600. The third-order valence-electron chi connectivity index (χ3n) is 11.8. The van der Waals surface area contributed by atoms with Crippen LogP contribution in [0.25, 0.3) is 0 Å². The number of aliphatic hydroxyl groups is 1. The highest BCUT2D eigenvalue weighted by Crippen LogP contribution is 2.21. The first-order chi connectivity index (χ1) is 33.6. The van der Waals surface area contributed by atoms with Crippen LogP contribution in [0.4, 0.5) is 0 Å². The molecule has 2 aliphatic rings. The van der Waals surface area contributed by atoms with Crippen LogP contribution in [0.3, 0.4) is 0 Å². The summed E-state index contributed by atoms with van der Waals surface area (Å²) >= 11 is 0. The second kappa shape index (κ2) is 29.0. The summed E-state index contributed by atoms with van der Waals surface area (Å²) in [6, 6.07) is -7.39. The summed E-state index contributed by atoms with van der Waals surface area (Å²) in [5.74, 6) is -12.7. The first kappa shape index (κ1) is 57.9. The van der Waals surface area contributed by atoms with Crippen molar-refractivity contribution in [3.63, 3.8) is 0 Å². The molecule has 8 unspecified atom stereocenters. The van der Waals surface area contributed by atoms with Crippen molar-refractivity contribution < 1.29 is 67.7 Å². The van der Waals surface area contributed by atoms with Crippen molar-refractivity contribution >= 4 is 70.9 Å². The third kappa shape index (κ3) is 19.9. The lowest BCUT2D eigenvalue weighted by molar-refractivity contribution is -0.143. The fourth-order valence-electron chi connectivity index (χ4n) is 8.08. The molecular formula is C45H68N12O14. The van der Waals surface area contributed by atoms with E-state index in [1.165, 1.54) is 24.3 Å². The molecule has 71 heavy (non-hydrogen) atoms. The molecule has 0 bridgehead atoms. The lowest BCUT2D eigenvalue weighted by Crippen LogP contribution is -2.61. The lowest BCUT2D eigenvalue weighted by Gasteiger charge is -2.30. The lowest BCUT2D eigenvalue weighted by atomic mass is 10.0. The number of fused-ring (bicyclic) bond motifs is 1. The first-order valence-electron chi connectivity index (χ1n) is 23.6. The number of rotatable bonds is 19. The summed E-state index contributed by atoms with van der Waals surface area (Å²) in [7, 11) is 0. The number of nitrogens with one attached hydrogen (secondary N) is 7. The van der Waals surface area contributed by atoms with Crippen molar-refractivity contribution in [3.8, 4) is 5.75 Å². The number of benzene rings is 1. The normalized spacial score (nSPS) is 24.6. The Morgan fingerprint density at radius 3 is 1.66 bits per heavy atom. The number of carbonyl (C=O) groups is 12. The molecule has 2 aliphatic heterocycles. The number of carbonyl (C=O) groups excluding carboxylic acids is 12. The molecule has 2 saturated heterocycles. The van der Waals surface area contributed by atoms with Gasteiger partial charge in [0.05, 0.1) is 25.9 Å². The minimum Gasteiger partial charge on any atom is -0.508 e. The summed E-state index contributed by atoms with van der Waals surface area (Å²) < 4.78 is 0. The molecule has 0 aromatic heterocycles. The van der Waals surface area contributed by atoms with Crippen LogP contribution in [-0.2, 0) is 64.0 Å². The van der Waals surface area contributed by atoms with E-state index >= 15 is 0 Å². The molecule has 2 heterocycles. The number of amides is 12. The summed E-state index contributed by atoms with van der Waals surface area (Å²) in [4.78, 5) is 161. The van der Waals surface area contributed by atoms with Gasteiger partial charge in [0.2, 0.25) is 70.9 Å². The molecule has 392 valence electrons. The van der Waals surface area contributed by atoms with Crippen molar-refractivity contribution in [2.45, 2.75) is 158 Å². The zero-order chi connectivity index (χ0) is 52.8. The van der Waals surface area contributed by atoms with E-state index in [4.69, 9.17) is 22.9 Å². The van der Waals surface area contributed by atoms with Crippen LogP contribution in [0.15, 0.2) is 24.3 Å². The Balaban J connectivity index is 2.16. The first-order valence-corrected chi connectivity index (χ1v) is 23.6. The van der Waals surface area contributed by atoms with Gasteiger partial charge in [-0.25, -0.2) is 0 Å². The van der Waals surface area contributed by atoms with E-state index in [-0.39, 0.29) is 31.6 Å². The highest BCUT2D eigenvalue weighted by atomic mass is 16.3. The molecule has 0 radical (unpaired) electrons. The van der Waals surface area contributed by atoms with Gasteiger partial charge in [0, 0.05) is 31.8 Å². The predicted molar refractivity (Wildman–Crippen MR) is 250 cm³/mol. The maximum absolute atomic E-state index is 14.1. The van der Waals surface area contributed by atoms with Crippen LogP contribution in [0.2, 0.25) is 0 Å². The Morgan fingerprint density at radius 1 is 0.577 bits per heavy atom. The van der Waals surface area contributed by atoms with E-state index in [0.29, 0.717) is 18.4 Å². The van der Waals surface area contributed by atoms with E-state index < -0.39 is 164 Å². The standard InChI is InChI=1S/C45H68N12O14/c1-2-3-4-5-6-7-9-25-19-38(64)51-29(20-35(47)61)41(67)53-28(18-24-11-13-26(59)14-12-24)40(66)54-30(21-36(48)62)42(68)52-27(15-16-34(46)60)39(65)56-32(23-58)43(69)55-31(22-37(49)63)45(71)57-17-8-10-33(57)44(70)50-25/h11-14,25,27-33,58-59H,2-10,15-23H2,1H3,(H2,46,60)(H2,47,61)(H2,48,62)(H2,49,63)(H,50,70)(H,51,64)(H,52,68)(H,53,67)(H,54,66)(H,55,69)(H,56,65). The van der Waals surface area contributed by atoms with Gasteiger partial charge in [0.25, 0.3) is 0 Å². The quantitative estimate of drug-likeness (QED) is 0.0580. The van der Waals surface area contributed by atoms with Crippen molar-refractivity contribution in [3.05, 3.63) is 29.8 Å². The van der Waals surface area contributed by atoms with Gasteiger partial charge in [-0.3, -0.25) is 57.5 Å². The summed E-state index contributed by atoms with van der Waals surface area (Å²) in [6.07, 6.45) is 1.40. The van der Waals surface area contributed by atoms with Crippen molar-refractivity contribution in [1.82, 2.24) is 42.1 Å². The zero-order valence-electron chi connectivity index (χ0n) is 39.7. The van der Waals surface area contributed by atoms with Crippen LogP contribution < -0.4 is 60.2 Å². The van der Waals surface area contributed by atoms with Gasteiger partial charge in [-0.05, 0) is 43.4 Å². The SMILES string of the molecule is CCCCCCCCC1CC(=O)NC(CC(N)=O)C(=O)NC(Cc2ccc(O)cc2)C(=O)NC(CC(N)=O)C(=O)NC(CCC(N)=O)C(=O)NC(CO)C(=O)NC(CC(N)=O)C(=O)N2CCCC2C(=O)N1. The highest BCUT2D eigenvalue weighted by molar-refractivity contribution is 6.00. The Morgan fingerprint density at radius 2 is 1.07 bits per heavy atom. The third-order valence-corrected chi connectivity index (χ3v) is 11.8. The number of hydrogen-bond donors (Lipinski definition) is 13. The van der Waals surface area contributed by atoms with E-state index in [1.54, 1.807) is 0 Å². The Kier molecular flexibility index (Phi) is 23.6. The molecule has 1 aromatic rings. The number of primary amides is 4. The van der Waals surface area contributed by atoms with Crippen LogP contribution in [-0.4, -0.2) is 147 Å². The van der Waals surface area contributed by atoms with E-state index in [1.807, 2.05) is 0 Å². The van der Waals surface area contributed by atoms with Gasteiger partial charge < -0.3 is 75.3 Å². The number of aromatic hydroxyl groups is 1. The summed E-state index contributed by atoms with van der Waals surface area (Å²) in [5, 5.41) is 36.9. The number of unbranched alkanes of at least 4 members (excludes halogenated alkanes) is 5. The van der Waals surface area contributed by atoms with Crippen LogP contribution in [0, 0.1) is 0 Å². The number of nitrogens with two attached hydrogens (primary N) is 4. The molecule has 26 nitrogen and oxygen atoms in total. The number of phenolic OH excluding ortho intramolecular Hbond substituents is 1. The molecule has 8 atom stereocenters. The second-order valence-electron chi connectivity index (χ2n) is 17.7. The molecule has 0 aliphatic carbocycles. The molecule has 26 heteroatoms. The van der Waals surface area contributed by atoms with Crippen molar-refractivity contribution in [2.75, 3.05) is 13.2 Å². The van der Waals surface area contributed by atoms with Gasteiger partial charge >= 0.3 is 0 Å². The van der Waals surface area contributed by atoms with E-state index in [9.17, 15) is 67.7 Å². The van der Waals surface area contributed by atoms with Gasteiger partial charge in [-0.15, -0.1) is 0 Å². The molecule has 0 spiro atoms. The van der Waals surface area contributed by atoms with Crippen molar-refractivity contribution in [1.29, 1.82) is 0 Å². The smallest absolute Gasteiger partial charge is 0.246 e. The van der Waals surface area contributed by atoms with E-state index in [0.717, 1.165) is 37.0 Å². The molecular weight excluding hydrogens is 933 g/mol. The van der Waals surface area contributed by atoms with E-state index in [2.05, 4.69) is 44.1 Å². The minimum atomic E-state index is -1.90. The summed E-state index contributed by atoms with van der Waals surface area (Å²) in [5.41, 5.74) is 22.0. The topological polar surface area (TPSA) is 437 Å². The molecule has 3 rings (SSSR count). The summed E-state index contributed by atoms with van der Waals surface area (Å²) in [6.45, 7) is 0.919. The number of phenols is 1. The molecule has 0 saturated carbocycles. The van der Waals surface area contributed by atoms with Gasteiger partial charge in [0.15, 0.2) is 0 Å². The predicted octanol–water partition coefficient (Wildman–Crippen LogP) is -4.64. The molecule has 1 aromatic carbocycles. The van der Waals surface area contributed by atoms with Crippen LogP contribution in [0.1, 0.15) is 109 Å². The number of nitrogens with zero attached hydrogens (tertiary/aromatic N) is 1. The number of hydrogen-bond acceptors (Lipinski definition) is 14. The maximum Gasteiger partial charge on any atom is 0.246 e. The van der Waals surface area contributed by atoms with Crippen LogP contribution >= 0.6 is 0 Å². The average Bonchev–Trinajstić information content (AvgIpc) is 3.79. The number of aliphatic hydroxyl groups excluding tert-OH is 1. The van der Waals surface area contributed by atoms with Gasteiger partial charge in [-0.1, -0.05) is 57.6 Å². The Hall–Kier alpha value is -7.38. The highest BCUT2D eigenvalue weighted by Gasteiger charge is 2.40. The largest absolute Gasteiger partial charge is 0.508 e. The molecule has 12 amide bonds.